The molecule has 22 heavy (non-hydrogen) atoms. The van der Waals surface area contributed by atoms with Crippen LogP contribution in [0.25, 0.3) is 0 Å². The number of benzene rings is 1. The summed E-state index contributed by atoms with van der Waals surface area (Å²) in [5, 5.41) is 32.7. The Labute approximate surface area is 126 Å². The zero-order valence-corrected chi connectivity index (χ0v) is 11.9. The number of non-ortho nitro benzene ring substituents is 2. The van der Waals surface area contributed by atoms with Crippen molar-refractivity contribution >= 4 is 17.3 Å². The number of hydrogen-bond donors (Lipinski definition) is 2. The molecule has 9 heteroatoms. The normalized spacial score (nSPS) is 10.2. The van der Waals surface area contributed by atoms with Gasteiger partial charge in [-0.1, -0.05) is 12.8 Å². The molecule has 0 bridgehead atoms. The summed E-state index contributed by atoms with van der Waals surface area (Å²) in [6.45, 7) is 0.491. The van der Waals surface area contributed by atoms with E-state index < -0.39 is 27.1 Å². The average molecular weight is 311 g/mol. The molecule has 1 rings (SSSR count). The maximum Gasteiger partial charge on any atom is 0.277 e. The van der Waals surface area contributed by atoms with Crippen LogP contribution in [0.5, 0.6) is 0 Å². The van der Waals surface area contributed by atoms with Crippen LogP contribution in [0.15, 0.2) is 18.2 Å². The zero-order valence-electron chi connectivity index (χ0n) is 11.9. The minimum absolute atomic E-state index is 0.115. The minimum Gasteiger partial charge on any atom is -0.396 e. The molecule has 120 valence electrons. The van der Waals surface area contributed by atoms with Crippen LogP contribution in [0.3, 0.4) is 0 Å². The number of amides is 1. The highest BCUT2D eigenvalue weighted by Gasteiger charge is 2.19. The first-order valence-corrected chi connectivity index (χ1v) is 6.78. The summed E-state index contributed by atoms with van der Waals surface area (Å²) in [6.07, 6.45) is 3.07. The lowest BCUT2D eigenvalue weighted by atomic mass is 10.1. The van der Waals surface area contributed by atoms with Crippen molar-refractivity contribution in [3.05, 3.63) is 44.0 Å². The molecule has 0 saturated carbocycles. The second-order valence-electron chi connectivity index (χ2n) is 4.65. The molecule has 0 radical (unpaired) electrons. The first kappa shape index (κ1) is 17.5. The second-order valence-corrected chi connectivity index (χ2v) is 4.65. The molecule has 2 N–H and O–H groups in total. The maximum absolute atomic E-state index is 11.9. The molecular weight excluding hydrogens is 294 g/mol. The van der Waals surface area contributed by atoms with Crippen LogP contribution in [-0.4, -0.2) is 34.0 Å². The summed E-state index contributed by atoms with van der Waals surface area (Å²) in [5.74, 6) is -0.589. The lowest BCUT2D eigenvalue weighted by molar-refractivity contribution is -0.394. The van der Waals surface area contributed by atoms with Crippen LogP contribution in [0.2, 0.25) is 0 Å². The molecule has 0 aliphatic rings. The van der Waals surface area contributed by atoms with Gasteiger partial charge in [0.1, 0.15) is 0 Å². The van der Waals surface area contributed by atoms with E-state index in [0.717, 1.165) is 31.0 Å². The summed E-state index contributed by atoms with van der Waals surface area (Å²) in [7, 11) is 0. The number of nitro groups is 2. The Morgan fingerprint density at radius 3 is 2.05 bits per heavy atom. The van der Waals surface area contributed by atoms with E-state index in [2.05, 4.69) is 5.32 Å². The molecule has 0 saturated heterocycles. The van der Waals surface area contributed by atoms with Gasteiger partial charge in [-0.05, 0) is 12.8 Å². The third kappa shape index (κ3) is 5.44. The fourth-order valence-electron chi connectivity index (χ4n) is 1.83. The summed E-state index contributed by atoms with van der Waals surface area (Å²) in [6, 6.07) is 2.83. The summed E-state index contributed by atoms with van der Waals surface area (Å²) in [5.41, 5.74) is -1.11. The van der Waals surface area contributed by atoms with E-state index in [4.69, 9.17) is 5.11 Å². The molecule has 0 fully saturated rings. The van der Waals surface area contributed by atoms with Gasteiger partial charge < -0.3 is 10.4 Å². The van der Waals surface area contributed by atoms with Crippen molar-refractivity contribution in [2.24, 2.45) is 0 Å². The van der Waals surface area contributed by atoms with Gasteiger partial charge in [-0.3, -0.25) is 25.0 Å². The molecule has 0 unspecified atom stereocenters. The van der Waals surface area contributed by atoms with Crippen molar-refractivity contribution in [1.82, 2.24) is 5.32 Å². The smallest absolute Gasteiger partial charge is 0.277 e. The van der Waals surface area contributed by atoms with Crippen LogP contribution >= 0.6 is 0 Å². The van der Waals surface area contributed by atoms with Gasteiger partial charge in [0.25, 0.3) is 17.3 Å². The molecule has 0 aliphatic carbocycles. The van der Waals surface area contributed by atoms with Gasteiger partial charge in [-0.2, -0.15) is 0 Å². The Hall–Kier alpha value is -2.55. The van der Waals surface area contributed by atoms with Crippen molar-refractivity contribution in [2.45, 2.75) is 25.7 Å². The summed E-state index contributed by atoms with van der Waals surface area (Å²) < 4.78 is 0. The fourth-order valence-corrected chi connectivity index (χ4v) is 1.83. The standard InChI is InChI=1S/C13H17N3O6/c17-6-4-2-1-3-5-14-13(18)10-7-11(15(19)20)9-12(8-10)16(21)22/h7-9,17H,1-6H2,(H,14,18). The molecule has 1 aromatic carbocycles. The van der Waals surface area contributed by atoms with E-state index in [1.54, 1.807) is 0 Å². The topological polar surface area (TPSA) is 136 Å². The molecule has 1 aromatic rings. The lowest BCUT2D eigenvalue weighted by Crippen LogP contribution is -2.24. The van der Waals surface area contributed by atoms with Gasteiger partial charge >= 0.3 is 0 Å². The van der Waals surface area contributed by atoms with Gasteiger partial charge in [0, 0.05) is 25.3 Å². The number of hydrogen-bond acceptors (Lipinski definition) is 6. The van der Waals surface area contributed by atoms with E-state index in [1.165, 1.54) is 0 Å². The Morgan fingerprint density at radius 1 is 1.00 bits per heavy atom. The van der Waals surface area contributed by atoms with E-state index in [1.807, 2.05) is 0 Å². The Kier molecular flexibility index (Phi) is 6.90. The molecule has 0 atom stereocenters. The summed E-state index contributed by atoms with van der Waals surface area (Å²) in [4.78, 5) is 31.8. The first-order chi connectivity index (χ1) is 10.5. The number of carbonyl (C=O) groups excluding carboxylic acids is 1. The van der Waals surface area contributed by atoms with Crippen molar-refractivity contribution in [1.29, 1.82) is 0 Å². The van der Waals surface area contributed by atoms with E-state index in [0.29, 0.717) is 19.4 Å². The molecule has 0 aromatic heterocycles. The molecule has 0 spiro atoms. The van der Waals surface area contributed by atoms with Crippen LogP contribution in [-0.2, 0) is 0 Å². The monoisotopic (exact) mass is 311 g/mol. The Morgan fingerprint density at radius 2 is 1.55 bits per heavy atom. The van der Waals surface area contributed by atoms with E-state index >= 15 is 0 Å². The number of aliphatic hydroxyl groups excluding tert-OH is 1. The number of rotatable bonds is 9. The van der Waals surface area contributed by atoms with Crippen molar-refractivity contribution in [3.63, 3.8) is 0 Å². The Balaban J connectivity index is 2.68. The second kappa shape index (κ2) is 8.67. The molecule has 1 amide bonds. The van der Waals surface area contributed by atoms with Gasteiger partial charge in [-0.25, -0.2) is 0 Å². The number of carbonyl (C=O) groups is 1. The van der Waals surface area contributed by atoms with Gasteiger partial charge in [0.2, 0.25) is 0 Å². The van der Waals surface area contributed by atoms with Crippen molar-refractivity contribution in [2.75, 3.05) is 13.2 Å². The number of nitro benzene ring substituents is 2. The highest BCUT2D eigenvalue weighted by atomic mass is 16.6. The largest absolute Gasteiger partial charge is 0.396 e. The fraction of sp³-hybridized carbons (Fsp3) is 0.462. The van der Waals surface area contributed by atoms with Crippen molar-refractivity contribution < 1.29 is 19.7 Å². The molecule has 0 heterocycles. The quantitative estimate of drug-likeness (QED) is 0.405. The minimum atomic E-state index is -0.779. The van der Waals surface area contributed by atoms with E-state index in [9.17, 15) is 25.0 Å². The van der Waals surface area contributed by atoms with Crippen LogP contribution in [0.1, 0.15) is 36.0 Å². The summed E-state index contributed by atoms with van der Waals surface area (Å²) >= 11 is 0. The molecule has 0 aliphatic heterocycles. The molecule has 9 nitrogen and oxygen atoms in total. The lowest BCUT2D eigenvalue weighted by Gasteiger charge is -2.05. The van der Waals surface area contributed by atoms with Crippen molar-refractivity contribution in [3.8, 4) is 0 Å². The zero-order chi connectivity index (χ0) is 16.5. The highest BCUT2D eigenvalue weighted by molar-refractivity contribution is 5.95. The van der Waals surface area contributed by atoms with Crippen LogP contribution in [0, 0.1) is 20.2 Å². The predicted octanol–water partition coefficient (Wildman–Crippen LogP) is 1.79. The third-order valence-corrected chi connectivity index (χ3v) is 2.96. The maximum atomic E-state index is 11.9. The predicted molar refractivity (Wildman–Crippen MR) is 77.6 cm³/mol. The SMILES string of the molecule is O=C(NCCCCCCO)c1cc([N+](=O)[O-])cc([N+](=O)[O-])c1. The number of nitrogens with zero attached hydrogens (tertiary/aromatic N) is 2. The number of unbranched alkanes of at least 4 members (excludes halogenated alkanes) is 3. The van der Waals surface area contributed by atoms with Crippen LogP contribution in [0.4, 0.5) is 11.4 Å². The molecular formula is C13H17N3O6. The number of aliphatic hydroxyl groups is 1. The number of nitrogens with one attached hydrogen (secondary N) is 1. The van der Waals surface area contributed by atoms with E-state index in [-0.39, 0.29) is 12.2 Å². The van der Waals surface area contributed by atoms with Crippen LogP contribution < -0.4 is 5.32 Å². The average Bonchev–Trinajstić information content (AvgIpc) is 2.49. The third-order valence-electron chi connectivity index (χ3n) is 2.96. The highest BCUT2D eigenvalue weighted by Crippen LogP contribution is 2.22. The van der Waals surface area contributed by atoms with Gasteiger partial charge in [0.15, 0.2) is 0 Å². The first-order valence-electron chi connectivity index (χ1n) is 6.78. The van der Waals surface area contributed by atoms with Gasteiger partial charge in [0.05, 0.1) is 21.5 Å². The van der Waals surface area contributed by atoms with Gasteiger partial charge in [-0.15, -0.1) is 0 Å². The Bertz CT molecular complexity index is 528.